The van der Waals surface area contributed by atoms with Crippen molar-refractivity contribution < 1.29 is 116 Å². The summed E-state index contributed by atoms with van der Waals surface area (Å²) in [5.41, 5.74) is 0. The van der Waals surface area contributed by atoms with Gasteiger partial charge in [0.25, 0.3) is 0 Å². The zero-order valence-electron chi connectivity index (χ0n) is 17.1. The molecule has 0 aromatic rings. The Kier molecular flexibility index (Phi) is 13.8. The highest BCUT2D eigenvalue weighted by Crippen LogP contribution is 2.82. The van der Waals surface area contributed by atoms with E-state index in [2.05, 4.69) is 39.2 Å². The van der Waals surface area contributed by atoms with E-state index in [-0.39, 0.29) is 0 Å². The fourth-order valence-electron chi connectivity index (χ4n) is 1.13. The molecule has 0 fully saturated rings. The third-order valence-electron chi connectivity index (χ3n) is 2.15. The van der Waals surface area contributed by atoms with E-state index in [1.807, 2.05) is 0 Å². The second kappa shape index (κ2) is 13.4. The van der Waals surface area contributed by atoms with Gasteiger partial charge in [-0.05, 0) is 0 Å². The molecule has 0 rings (SSSR count). The molecule has 0 saturated heterocycles. The normalized spacial score (nSPS) is 25.6. The van der Waals surface area contributed by atoms with E-state index in [4.69, 9.17) is 20.2 Å². The Morgan fingerprint density at radius 3 is 0.892 bits per heavy atom. The summed E-state index contributed by atoms with van der Waals surface area (Å²) in [5, 5.41) is 17.5. The molecule has 10 N–H and O–H groups in total. The van der Waals surface area contributed by atoms with E-state index >= 15 is 0 Å². The Labute approximate surface area is 203 Å². The molecule has 0 aliphatic heterocycles. The second-order valence-electron chi connectivity index (χ2n) is 4.95. The summed E-state index contributed by atoms with van der Waals surface area (Å²) in [4.78, 5) is 55.3. The number of rotatable bonds is 18. The van der Waals surface area contributed by atoms with Crippen LogP contribution in [0, 0.1) is 0 Å². The van der Waals surface area contributed by atoms with Gasteiger partial charge in [0.15, 0.2) is 0 Å². The zero-order valence-corrected chi connectivity index (χ0v) is 24.3. The van der Waals surface area contributed by atoms with Crippen LogP contribution in [0.25, 0.3) is 0 Å². The first kappa shape index (κ1) is 38.1. The Morgan fingerprint density at radius 1 is 0.432 bits per heavy atom. The number of hydrogen-bond acceptors (Lipinski definition) is 19. The molecule has 0 radical (unpaired) electrons. The minimum atomic E-state index is -6.84. The maximum atomic E-state index is 12.7. The Morgan fingerprint density at radius 2 is 0.676 bits per heavy atom. The van der Waals surface area contributed by atoms with Gasteiger partial charge >= 0.3 is 62.4 Å². The molecular formula is C2H16N2O25P8. The third-order valence-corrected chi connectivity index (χ3v) is 15.1. The molecule has 224 valence electrons. The topological polar surface area (TPSA) is 406 Å². The molecule has 0 amide bonds. The molecule has 0 aliphatic carbocycles. The maximum Gasteiger partial charge on any atom is 0.501 e. The van der Waals surface area contributed by atoms with E-state index in [0.717, 1.165) is 0 Å². The molecule has 27 nitrogen and oxygen atoms in total. The Hall–Kier alpha value is 1.08. The lowest BCUT2D eigenvalue weighted by Gasteiger charge is -2.26. The molecule has 0 spiro atoms. The predicted molar refractivity (Wildman–Crippen MR) is 106 cm³/mol. The zero-order chi connectivity index (χ0) is 29.8. The molecule has 0 bridgehead atoms. The fourth-order valence-corrected chi connectivity index (χ4v) is 12.3. The first-order valence-corrected chi connectivity index (χ1v) is 19.4. The van der Waals surface area contributed by atoms with Crippen LogP contribution in [0.5, 0.6) is 0 Å². The molecule has 0 aliphatic rings. The van der Waals surface area contributed by atoms with E-state index < -0.39 is 62.4 Å². The number of phosphoric acid groups is 6. The maximum absolute atomic E-state index is 12.7. The average Bonchev–Trinajstić information content (AvgIpc) is 2.63. The van der Waals surface area contributed by atoms with Crippen LogP contribution in [0.1, 0.15) is 0 Å². The van der Waals surface area contributed by atoms with Crippen molar-refractivity contribution >= 4 is 62.4 Å². The van der Waals surface area contributed by atoms with Gasteiger partial charge in [0.05, 0.1) is 0 Å². The van der Waals surface area contributed by atoms with Gasteiger partial charge in [-0.15, -0.1) is 10.5 Å². The van der Waals surface area contributed by atoms with Gasteiger partial charge in [-0.3, -0.25) is 9.05 Å². The van der Waals surface area contributed by atoms with Crippen molar-refractivity contribution in [2.45, 2.75) is 0 Å². The van der Waals surface area contributed by atoms with Crippen molar-refractivity contribution in [3.63, 3.8) is 0 Å². The summed E-state index contributed by atoms with van der Waals surface area (Å²) in [6.45, 7) is 0. The molecule has 8 unspecified atom stereocenters. The summed E-state index contributed by atoms with van der Waals surface area (Å²) in [5.74, 6) is 0. The highest BCUT2D eigenvalue weighted by molar-refractivity contribution is 7.77. The largest absolute Gasteiger partial charge is 0.501 e. The van der Waals surface area contributed by atoms with Crippen molar-refractivity contribution in [1.82, 2.24) is 10.5 Å². The lowest BCUT2D eigenvalue weighted by Crippen LogP contribution is -2.08. The van der Waals surface area contributed by atoms with Gasteiger partial charge < -0.3 is 39.8 Å². The fraction of sp³-hybridized carbons (Fsp3) is 1.00. The van der Waals surface area contributed by atoms with E-state index in [9.17, 15) is 56.1 Å². The number of phosphoric ester groups is 2. The minimum Gasteiger partial charge on any atom is -0.311 e. The highest BCUT2D eigenvalue weighted by atomic mass is 31.3. The van der Waals surface area contributed by atoms with Gasteiger partial charge in [-0.2, -0.15) is 30.2 Å². The summed E-state index contributed by atoms with van der Waals surface area (Å²) in [7, 11) is -49.3. The van der Waals surface area contributed by atoms with Crippen LogP contribution < -0.4 is 10.5 Å². The van der Waals surface area contributed by atoms with Crippen LogP contribution in [0.4, 0.5) is 0 Å². The first-order valence-electron chi connectivity index (χ1n) is 7.29. The Bertz CT molecular complexity index is 1100. The predicted octanol–water partition coefficient (Wildman–Crippen LogP) is 1.17. The quantitative estimate of drug-likeness (QED) is 0.0702. The number of hydrogen-bond donors (Lipinski definition) is 10. The first-order chi connectivity index (χ1) is 16.2. The van der Waals surface area contributed by atoms with Crippen molar-refractivity contribution in [3.05, 3.63) is 0 Å². The summed E-state index contributed by atoms with van der Waals surface area (Å²) < 4.78 is 127. The van der Waals surface area contributed by atoms with Crippen LogP contribution in [-0.2, 0) is 75.7 Å². The van der Waals surface area contributed by atoms with Gasteiger partial charge in [-0.25, -0.2) is 36.5 Å². The van der Waals surface area contributed by atoms with Gasteiger partial charge in [0.1, 0.15) is 0 Å². The Balaban J connectivity index is 6.74. The number of nitrogens with one attached hydrogen (secondary N) is 2. The van der Waals surface area contributed by atoms with E-state index in [1.54, 1.807) is 0 Å². The van der Waals surface area contributed by atoms with E-state index in [0.29, 0.717) is 24.7 Å². The standard InChI is InChI=1S/C2H16N2O25P8/c1-21-32(11,12)25-36(19,27-34(15,16)23-30(7,8)3-5)29-37(20,26-33(13,14)22-2)28-35(17,18)24-31(9,10)4-6/h5-6H,1-2H3,(H,11,12)(H,13,14)(H,15,16)(H,17,18)(H2,3,7,8)(H2,4,9,10). The van der Waals surface area contributed by atoms with Crippen LogP contribution in [-0.4, -0.2) is 54.0 Å². The molecule has 0 aromatic carbocycles. The molecule has 35 heteroatoms. The van der Waals surface area contributed by atoms with Crippen LogP contribution in [0.15, 0.2) is 0 Å². The van der Waals surface area contributed by atoms with Crippen molar-refractivity contribution in [2.24, 2.45) is 0 Å². The molecule has 8 atom stereocenters. The van der Waals surface area contributed by atoms with Gasteiger partial charge in [0.2, 0.25) is 0 Å². The lowest BCUT2D eigenvalue weighted by atomic mass is 11.8. The van der Waals surface area contributed by atoms with Crippen molar-refractivity contribution in [2.75, 3.05) is 14.2 Å². The monoisotopic (exact) mass is 716 g/mol. The van der Waals surface area contributed by atoms with Crippen LogP contribution in [0.3, 0.4) is 0 Å². The third kappa shape index (κ3) is 15.0. The molecular weight excluding hydrogens is 700 g/mol. The molecule has 0 heterocycles. The summed E-state index contributed by atoms with van der Waals surface area (Å²) >= 11 is 0. The van der Waals surface area contributed by atoms with Crippen molar-refractivity contribution in [3.8, 4) is 0 Å². The molecule has 37 heavy (non-hydrogen) atoms. The minimum absolute atomic E-state index is 0.313. The molecule has 0 aromatic heterocycles. The van der Waals surface area contributed by atoms with E-state index in [1.165, 1.54) is 0 Å². The van der Waals surface area contributed by atoms with Crippen molar-refractivity contribution in [1.29, 1.82) is 0 Å². The summed E-state index contributed by atoms with van der Waals surface area (Å²) in [6, 6.07) is 0. The van der Waals surface area contributed by atoms with Crippen LogP contribution >= 0.6 is 62.4 Å². The second-order valence-corrected chi connectivity index (χ2v) is 18.3. The van der Waals surface area contributed by atoms with Gasteiger partial charge in [-0.1, -0.05) is 0 Å². The SMILES string of the molecule is COP(=O)(O)OP(=O)(OP(=O)(O)OP(=O)(O)NO)OP(=O)(OP(=O)(O)OC)OP(=O)(O)OP(=O)(O)NO. The lowest BCUT2D eigenvalue weighted by molar-refractivity contribution is 0.157. The van der Waals surface area contributed by atoms with Crippen LogP contribution in [0.2, 0.25) is 0 Å². The molecule has 0 saturated carbocycles. The summed E-state index contributed by atoms with van der Waals surface area (Å²) in [6.07, 6.45) is 0. The van der Waals surface area contributed by atoms with Gasteiger partial charge in [0, 0.05) is 14.2 Å². The smallest absolute Gasteiger partial charge is 0.311 e. The average molecular weight is 716 g/mol. The highest BCUT2D eigenvalue weighted by Gasteiger charge is 2.56.